The summed E-state index contributed by atoms with van der Waals surface area (Å²) in [6, 6.07) is 16.4. The van der Waals surface area contributed by atoms with Gasteiger partial charge in [-0.2, -0.15) is 10.5 Å². The van der Waals surface area contributed by atoms with Gasteiger partial charge in [0.2, 0.25) is 0 Å². The van der Waals surface area contributed by atoms with Gasteiger partial charge in [0.1, 0.15) is 22.7 Å². The van der Waals surface area contributed by atoms with E-state index < -0.39 is 5.91 Å². The molecule has 0 radical (unpaired) electrons. The summed E-state index contributed by atoms with van der Waals surface area (Å²) < 4.78 is 11.0. The van der Waals surface area contributed by atoms with Crippen LogP contribution < -0.4 is 20.1 Å². The van der Waals surface area contributed by atoms with Crippen LogP contribution in [0.4, 0.5) is 10.7 Å². The predicted octanol–water partition coefficient (Wildman–Crippen LogP) is 5.38. The fraction of sp³-hybridized carbons (Fsp3) is 0.241. The third-order valence-electron chi connectivity index (χ3n) is 6.07. The standard InChI is InChI=1S/C29H26N4O4S/c1-18-7-10-21(11-8-18)32-27(34)17-37-24-12-9-19(14-25(24)36-2)13-20(15-30)28(35)33-29-23(16-31)22-5-3-4-6-26(22)38-29/h7-14H,3-6,17H2,1-2H3,(H,32,34)(H,33,35)/b20-13+. The fourth-order valence-electron chi connectivity index (χ4n) is 4.13. The van der Waals surface area contributed by atoms with Crippen LogP contribution in [0.25, 0.3) is 6.08 Å². The minimum Gasteiger partial charge on any atom is -0.493 e. The number of aryl methyl sites for hydroxylation is 2. The van der Waals surface area contributed by atoms with E-state index in [1.165, 1.54) is 24.5 Å². The van der Waals surface area contributed by atoms with Crippen LogP contribution in [0, 0.1) is 29.6 Å². The largest absolute Gasteiger partial charge is 0.493 e. The molecule has 9 heteroatoms. The number of nitriles is 2. The van der Waals surface area contributed by atoms with Crippen LogP contribution in [0.5, 0.6) is 11.5 Å². The number of hydrogen-bond donors (Lipinski definition) is 2. The Labute approximate surface area is 225 Å². The first-order chi connectivity index (χ1) is 18.4. The van der Waals surface area contributed by atoms with Gasteiger partial charge in [-0.25, -0.2) is 0 Å². The number of rotatable bonds is 8. The molecule has 0 fully saturated rings. The molecule has 2 N–H and O–H groups in total. The van der Waals surface area contributed by atoms with Crippen molar-refractivity contribution < 1.29 is 19.1 Å². The molecule has 1 heterocycles. The lowest BCUT2D eigenvalue weighted by atomic mass is 9.96. The van der Waals surface area contributed by atoms with E-state index in [1.807, 2.05) is 37.3 Å². The Morgan fingerprint density at radius 2 is 1.82 bits per heavy atom. The van der Waals surface area contributed by atoms with Crippen molar-refractivity contribution in [3.63, 3.8) is 0 Å². The van der Waals surface area contributed by atoms with Crippen LogP contribution in [0.3, 0.4) is 0 Å². The Bertz CT molecular complexity index is 1480. The number of ether oxygens (including phenoxy) is 2. The van der Waals surface area contributed by atoms with Gasteiger partial charge in [0.25, 0.3) is 11.8 Å². The van der Waals surface area contributed by atoms with Gasteiger partial charge in [-0.15, -0.1) is 11.3 Å². The normalized spacial score (nSPS) is 12.5. The Hall–Kier alpha value is -4.60. The van der Waals surface area contributed by atoms with Crippen LogP contribution in [0.2, 0.25) is 0 Å². The first-order valence-corrected chi connectivity index (χ1v) is 12.9. The highest BCUT2D eigenvalue weighted by Gasteiger charge is 2.23. The van der Waals surface area contributed by atoms with Gasteiger partial charge in [0.05, 0.1) is 12.7 Å². The number of nitrogens with zero attached hydrogens (tertiary/aromatic N) is 2. The average Bonchev–Trinajstić information content (AvgIpc) is 3.28. The van der Waals surface area contributed by atoms with Crippen molar-refractivity contribution >= 4 is 39.9 Å². The Balaban J connectivity index is 1.44. The van der Waals surface area contributed by atoms with E-state index in [-0.39, 0.29) is 18.1 Å². The lowest BCUT2D eigenvalue weighted by molar-refractivity contribution is -0.118. The van der Waals surface area contributed by atoms with E-state index in [0.717, 1.165) is 41.7 Å². The van der Waals surface area contributed by atoms with Crippen LogP contribution in [0.15, 0.2) is 48.0 Å². The maximum atomic E-state index is 12.9. The van der Waals surface area contributed by atoms with Gasteiger partial charge in [-0.3, -0.25) is 9.59 Å². The number of benzene rings is 2. The lowest BCUT2D eigenvalue weighted by Crippen LogP contribution is -2.20. The van der Waals surface area contributed by atoms with Crippen LogP contribution in [-0.4, -0.2) is 25.5 Å². The zero-order chi connectivity index (χ0) is 27.1. The molecule has 0 saturated heterocycles. The molecule has 192 valence electrons. The number of carbonyl (C=O) groups excluding carboxylic acids is 2. The molecule has 0 aliphatic heterocycles. The second-order valence-electron chi connectivity index (χ2n) is 8.76. The van der Waals surface area contributed by atoms with E-state index in [0.29, 0.717) is 33.3 Å². The molecular weight excluding hydrogens is 500 g/mol. The summed E-state index contributed by atoms with van der Waals surface area (Å²) in [6.45, 7) is 1.74. The van der Waals surface area contributed by atoms with Crippen molar-refractivity contribution in [2.24, 2.45) is 0 Å². The summed E-state index contributed by atoms with van der Waals surface area (Å²) in [6.07, 6.45) is 5.24. The smallest absolute Gasteiger partial charge is 0.266 e. The second-order valence-corrected chi connectivity index (χ2v) is 9.87. The van der Waals surface area contributed by atoms with Gasteiger partial charge in [-0.05, 0) is 74.1 Å². The number of carbonyl (C=O) groups is 2. The highest BCUT2D eigenvalue weighted by molar-refractivity contribution is 7.16. The molecule has 0 saturated carbocycles. The molecule has 1 aliphatic carbocycles. The van der Waals surface area contributed by atoms with Gasteiger partial charge < -0.3 is 20.1 Å². The molecule has 1 aliphatic rings. The van der Waals surface area contributed by atoms with Gasteiger partial charge >= 0.3 is 0 Å². The predicted molar refractivity (Wildman–Crippen MR) is 146 cm³/mol. The molecule has 0 atom stereocenters. The third-order valence-corrected chi connectivity index (χ3v) is 7.28. The van der Waals surface area contributed by atoms with Crippen molar-refractivity contribution in [2.45, 2.75) is 32.6 Å². The number of methoxy groups -OCH3 is 1. The summed E-state index contributed by atoms with van der Waals surface area (Å²) >= 11 is 1.41. The van der Waals surface area contributed by atoms with Gasteiger partial charge in [0, 0.05) is 10.6 Å². The maximum Gasteiger partial charge on any atom is 0.266 e. The van der Waals surface area contributed by atoms with Crippen molar-refractivity contribution in [1.82, 2.24) is 0 Å². The van der Waals surface area contributed by atoms with Gasteiger partial charge in [0.15, 0.2) is 18.1 Å². The molecule has 4 rings (SSSR count). The monoisotopic (exact) mass is 526 g/mol. The van der Waals surface area contributed by atoms with E-state index in [2.05, 4.69) is 16.7 Å². The molecule has 3 aromatic rings. The molecule has 1 aromatic heterocycles. The Morgan fingerprint density at radius 3 is 2.53 bits per heavy atom. The van der Waals surface area contributed by atoms with E-state index in [1.54, 1.807) is 18.2 Å². The number of fused-ring (bicyclic) bond motifs is 1. The maximum absolute atomic E-state index is 12.9. The summed E-state index contributed by atoms with van der Waals surface area (Å²) in [5.41, 5.74) is 3.68. The molecular formula is C29H26N4O4S. The summed E-state index contributed by atoms with van der Waals surface area (Å²) in [4.78, 5) is 26.3. The Morgan fingerprint density at radius 1 is 1.05 bits per heavy atom. The quantitative estimate of drug-likeness (QED) is 0.300. The molecule has 2 amide bonds. The highest BCUT2D eigenvalue weighted by Crippen LogP contribution is 2.38. The fourth-order valence-corrected chi connectivity index (χ4v) is 5.36. The summed E-state index contributed by atoms with van der Waals surface area (Å²) in [5.74, 6) is -0.225. The number of nitrogens with one attached hydrogen (secondary N) is 2. The Kier molecular flexibility index (Phi) is 8.42. The van der Waals surface area contributed by atoms with Crippen molar-refractivity contribution in [1.29, 1.82) is 10.5 Å². The molecule has 0 spiro atoms. The van der Waals surface area contributed by atoms with Crippen molar-refractivity contribution in [3.8, 4) is 23.6 Å². The SMILES string of the molecule is COc1cc(/C=C(\C#N)C(=O)Nc2sc3c(c2C#N)CCCC3)ccc1OCC(=O)Nc1ccc(C)cc1. The summed E-state index contributed by atoms with van der Waals surface area (Å²) in [5, 5.41) is 25.3. The molecule has 0 unspecified atom stereocenters. The third kappa shape index (κ3) is 6.20. The molecule has 8 nitrogen and oxygen atoms in total. The minimum atomic E-state index is -0.588. The molecule has 38 heavy (non-hydrogen) atoms. The lowest BCUT2D eigenvalue weighted by Gasteiger charge is -2.12. The number of amides is 2. The van der Waals surface area contributed by atoms with E-state index >= 15 is 0 Å². The van der Waals surface area contributed by atoms with Crippen LogP contribution in [0.1, 0.15) is 40.0 Å². The number of anilines is 2. The topological polar surface area (TPSA) is 124 Å². The zero-order valence-electron chi connectivity index (χ0n) is 21.1. The van der Waals surface area contributed by atoms with Crippen LogP contribution in [-0.2, 0) is 22.4 Å². The van der Waals surface area contributed by atoms with E-state index in [9.17, 15) is 20.1 Å². The second kappa shape index (κ2) is 12.1. The van der Waals surface area contributed by atoms with Crippen LogP contribution >= 0.6 is 11.3 Å². The first kappa shape index (κ1) is 26.5. The molecule has 0 bridgehead atoms. The minimum absolute atomic E-state index is 0.117. The first-order valence-electron chi connectivity index (χ1n) is 12.1. The zero-order valence-corrected chi connectivity index (χ0v) is 21.9. The average molecular weight is 527 g/mol. The van der Waals surface area contributed by atoms with E-state index in [4.69, 9.17) is 9.47 Å². The summed E-state index contributed by atoms with van der Waals surface area (Å²) in [7, 11) is 1.46. The number of hydrogen-bond acceptors (Lipinski definition) is 7. The molecule has 2 aromatic carbocycles. The van der Waals surface area contributed by atoms with Gasteiger partial charge in [-0.1, -0.05) is 23.8 Å². The number of thiophene rings is 1. The van der Waals surface area contributed by atoms with Crippen molar-refractivity contribution in [2.75, 3.05) is 24.4 Å². The van der Waals surface area contributed by atoms with Crippen molar-refractivity contribution in [3.05, 3.63) is 75.2 Å². The highest BCUT2D eigenvalue weighted by atomic mass is 32.1.